The molecular formula is C20H23NO4S. The van der Waals surface area contributed by atoms with E-state index in [4.69, 9.17) is 9.84 Å². The van der Waals surface area contributed by atoms with Crippen LogP contribution in [0.5, 0.6) is 5.75 Å². The predicted molar refractivity (Wildman–Crippen MR) is 103 cm³/mol. The number of hydrogen-bond acceptors (Lipinski definition) is 4. The highest BCUT2D eigenvalue weighted by atomic mass is 32.2. The normalized spacial score (nSPS) is 12.9. The number of hydrogen-bond donors (Lipinski definition) is 2. The summed E-state index contributed by atoms with van der Waals surface area (Å²) in [6, 6.07) is 14.7. The van der Waals surface area contributed by atoms with Crippen LogP contribution in [-0.4, -0.2) is 34.9 Å². The van der Waals surface area contributed by atoms with Crippen molar-refractivity contribution in [2.75, 3.05) is 6.54 Å². The standard InChI is InChI=1S/C20H23NO4S/c1-13-8-4-6-10-17(13)25-14(2)12-21-19(22)16-9-5-7-11-18(16)26-15(3)20(23)24/h4-11,14-15H,12H2,1-3H3,(H,21,22)(H,23,24). The number of aryl methyl sites for hydroxylation is 1. The number of aliphatic carboxylic acids is 1. The first kappa shape index (κ1) is 19.8. The molecule has 5 nitrogen and oxygen atoms in total. The Balaban J connectivity index is 1.97. The summed E-state index contributed by atoms with van der Waals surface area (Å²) in [5.74, 6) is -0.364. The van der Waals surface area contributed by atoms with Crippen LogP contribution in [0.15, 0.2) is 53.4 Å². The van der Waals surface area contributed by atoms with Crippen molar-refractivity contribution in [2.24, 2.45) is 0 Å². The molecule has 0 saturated heterocycles. The van der Waals surface area contributed by atoms with Crippen LogP contribution in [0, 0.1) is 6.92 Å². The van der Waals surface area contributed by atoms with Gasteiger partial charge in [0, 0.05) is 4.90 Å². The maximum Gasteiger partial charge on any atom is 0.316 e. The third kappa shape index (κ3) is 5.52. The first-order valence-corrected chi connectivity index (χ1v) is 9.25. The third-order valence-corrected chi connectivity index (χ3v) is 4.92. The maximum absolute atomic E-state index is 12.5. The van der Waals surface area contributed by atoms with E-state index in [1.54, 1.807) is 31.2 Å². The number of nitrogens with one attached hydrogen (secondary N) is 1. The fraction of sp³-hybridized carbons (Fsp3) is 0.300. The molecular weight excluding hydrogens is 350 g/mol. The quantitative estimate of drug-likeness (QED) is 0.689. The number of carboxylic acid groups (broad SMARTS) is 1. The summed E-state index contributed by atoms with van der Waals surface area (Å²) in [6.45, 7) is 5.80. The molecule has 2 atom stereocenters. The van der Waals surface area contributed by atoms with E-state index in [0.29, 0.717) is 17.0 Å². The van der Waals surface area contributed by atoms with Gasteiger partial charge in [-0.2, -0.15) is 0 Å². The van der Waals surface area contributed by atoms with Gasteiger partial charge in [-0.3, -0.25) is 9.59 Å². The van der Waals surface area contributed by atoms with Crippen LogP contribution in [0.2, 0.25) is 0 Å². The van der Waals surface area contributed by atoms with E-state index in [1.807, 2.05) is 38.1 Å². The van der Waals surface area contributed by atoms with Crippen LogP contribution in [0.25, 0.3) is 0 Å². The Labute approximate surface area is 157 Å². The Kier molecular flexibility index (Phi) is 7.09. The number of ether oxygens (including phenoxy) is 1. The molecule has 0 heterocycles. The summed E-state index contributed by atoms with van der Waals surface area (Å²) < 4.78 is 5.86. The minimum atomic E-state index is -0.912. The van der Waals surface area contributed by atoms with Crippen LogP contribution >= 0.6 is 11.8 Å². The summed E-state index contributed by atoms with van der Waals surface area (Å²) in [7, 11) is 0. The van der Waals surface area contributed by atoms with Crippen molar-refractivity contribution < 1.29 is 19.4 Å². The molecule has 0 aromatic heterocycles. The lowest BCUT2D eigenvalue weighted by atomic mass is 10.2. The smallest absolute Gasteiger partial charge is 0.316 e. The van der Waals surface area contributed by atoms with Gasteiger partial charge in [0.1, 0.15) is 17.1 Å². The number of benzene rings is 2. The second-order valence-corrected chi connectivity index (χ2v) is 7.38. The summed E-state index contributed by atoms with van der Waals surface area (Å²) in [5.41, 5.74) is 1.50. The molecule has 0 saturated carbocycles. The predicted octanol–water partition coefficient (Wildman–Crippen LogP) is 3.76. The summed E-state index contributed by atoms with van der Waals surface area (Å²) >= 11 is 1.15. The minimum Gasteiger partial charge on any atom is -0.489 e. The van der Waals surface area contributed by atoms with Crippen molar-refractivity contribution >= 4 is 23.6 Å². The van der Waals surface area contributed by atoms with Crippen LogP contribution < -0.4 is 10.1 Å². The van der Waals surface area contributed by atoms with Gasteiger partial charge in [0.25, 0.3) is 5.91 Å². The molecule has 0 aliphatic heterocycles. The molecule has 138 valence electrons. The minimum absolute atomic E-state index is 0.196. The number of rotatable bonds is 8. The summed E-state index contributed by atoms with van der Waals surface area (Å²) in [5, 5.41) is 11.3. The topological polar surface area (TPSA) is 75.6 Å². The number of carbonyl (C=O) groups is 2. The van der Waals surface area contributed by atoms with Gasteiger partial charge in [-0.25, -0.2) is 0 Å². The molecule has 2 unspecified atom stereocenters. The fourth-order valence-electron chi connectivity index (χ4n) is 2.28. The maximum atomic E-state index is 12.5. The molecule has 2 aromatic carbocycles. The number of carboxylic acids is 1. The molecule has 1 amide bonds. The van der Waals surface area contributed by atoms with Gasteiger partial charge in [0.15, 0.2) is 0 Å². The second kappa shape index (κ2) is 9.29. The van der Waals surface area contributed by atoms with E-state index < -0.39 is 11.2 Å². The molecule has 6 heteroatoms. The average molecular weight is 373 g/mol. The van der Waals surface area contributed by atoms with Gasteiger partial charge < -0.3 is 15.2 Å². The van der Waals surface area contributed by atoms with E-state index in [2.05, 4.69) is 5.32 Å². The second-order valence-electron chi connectivity index (χ2n) is 6.00. The fourth-order valence-corrected chi connectivity index (χ4v) is 3.20. The van der Waals surface area contributed by atoms with Crippen molar-refractivity contribution in [2.45, 2.75) is 37.0 Å². The summed E-state index contributed by atoms with van der Waals surface area (Å²) in [6.07, 6.45) is -0.196. The lowest BCUT2D eigenvalue weighted by molar-refractivity contribution is -0.136. The molecule has 0 fully saturated rings. The van der Waals surface area contributed by atoms with Gasteiger partial charge in [-0.15, -0.1) is 11.8 Å². The zero-order chi connectivity index (χ0) is 19.1. The Hall–Kier alpha value is -2.47. The lowest BCUT2D eigenvalue weighted by Crippen LogP contribution is -2.34. The Morgan fingerprint density at radius 3 is 2.46 bits per heavy atom. The van der Waals surface area contributed by atoms with E-state index in [-0.39, 0.29) is 12.0 Å². The van der Waals surface area contributed by atoms with E-state index in [0.717, 1.165) is 23.1 Å². The van der Waals surface area contributed by atoms with Gasteiger partial charge in [-0.05, 0) is 44.5 Å². The molecule has 0 spiro atoms. The highest BCUT2D eigenvalue weighted by molar-refractivity contribution is 8.00. The molecule has 2 rings (SSSR count). The molecule has 0 aliphatic rings. The van der Waals surface area contributed by atoms with E-state index >= 15 is 0 Å². The van der Waals surface area contributed by atoms with Gasteiger partial charge >= 0.3 is 5.97 Å². The molecule has 0 bridgehead atoms. The lowest BCUT2D eigenvalue weighted by Gasteiger charge is -2.17. The molecule has 0 radical (unpaired) electrons. The molecule has 2 N–H and O–H groups in total. The average Bonchev–Trinajstić information content (AvgIpc) is 2.62. The van der Waals surface area contributed by atoms with Crippen molar-refractivity contribution in [3.8, 4) is 5.75 Å². The van der Waals surface area contributed by atoms with Crippen molar-refractivity contribution in [1.29, 1.82) is 0 Å². The zero-order valence-electron chi connectivity index (χ0n) is 15.1. The Morgan fingerprint density at radius 2 is 1.77 bits per heavy atom. The summed E-state index contributed by atoms with van der Waals surface area (Å²) in [4.78, 5) is 24.2. The van der Waals surface area contributed by atoms with E-state index in [1.165, 1.54) is 0 Å². The number of amides is 1. The molecule has 0 aliphatic carbocycles. The monoisotopic (exact) mass is 373 g/mol. The molecule has 26 heavy (non-hydrogen) atoms. The zero-order valence-corrected chi connectivity index (χ0v) is 15.9. The Bertz CT molecular complexity index is 778. The highest BCUT2D eigenvalue weighted by Gasteiger charge is 2.18. The van der Waals surface area contributed by atoms with Crippen LogP contribution in [0.3, 0.4) is 0 Å². The largest absolute Gasteiger partial charge is 0.489 e. The van der Waals surface area contributed by atoms with Crippen molar-refractivity contribution in [3.63, 3.8) is 0 Å². The SMILES string of the molecule is Cc1ccccc1OC(C)CNC(=O)c1ccccc1SC(C)C(=O)O. The van der Waals surface area contributed by atoms with Crippen LogP contribution in [-0.2, 0) is 4.79 Å². The van der Waals surface area contributed by atoms with E-state index in [9.17, 15) is 9.59 Å². The van der Waals surface area contributed by atoms with Gasteiger partial charge in [0.2, 0.25) is 0 Å². The first-order valence-electron chi connectivity index (χ1n) is 8.37. The van der Waals surface area contributed by atoms with Crippen LogP contribution in [0.1, 0.15) is 29.8 Å². The number of para-hydroxylation sites is 1. The van der Waals surface area contributed by atoms with Gasteiger partial charge in [0.05, 0.1) is 12.1 Å². The van der Waals surface area contributed by atoms with Gasteiger partial charge in [-0.1, -0.05) is 30.3 Å². The van der Waals surface area contributed by atoms with Crippen LogP contribution in [0.4, 0.5) is 0 Å². The number of thioether (sulfide) groups is 1. The third-order valence-electron chi connectivity index (χ3n) is 3.76. The van der Waals surface area contributed by atoms with Crippen molar-refractivity contribution in [3.05, 3.63) is 59.7 Å². The molecule has 2 aromatic rings. The first-order chi connectivity index (χ1) is 12.4. The van der Waals surface area contributed by atoms with Crippen molar-refractivity contribution in [1.82, 2.24) is 5.32 Å². The highest BCUT2D eigenvalue weighted by Crippen LogP contribution is 2.27. The Morgan fingerprint density at radius 1 is 1.12 bits per heavy atom. The number of carbonyl (C=O) groups excluding carboxylic acids is 1.